The lowest BCUT2D eigenvalue weighted by molar-refractivity contribution is 0.209. The van der Waals surface area contributed by atoms with Crippen LogP contribution in [0.5, 0.6) is 5.75 Å². The highest BCUT2D eigenvalue weighted by Gasteiger charge is 2.17. The van der Waals surface area contributed by atoms with Crippen LogP contribution in [-0.2, 0) is 0 Å². The van der Waals surface area contributed by atoms with E-state index in [4.69, 9.17) is 4.74 Å². The summed E-state index contributed by atoms with van der Waals surface area (Å²) in [5.41, 5.74) is 0.664. The Morgan fingerprint density at radius 2 is 2.43 bits per heavy atom. The van der Waals surface area contributed by atoms with Crippen molar-refractivity contribution in [1.29, 1.82) is 0 Å². The van der Waals surface area contributed by atoms with Crippen molar-refractivity contribution in [2.24, 2.45) is 0 Å². The fourth-order valence-corrected chi connectivity index (χ4v) is 1.30. The quantitative estimate of drug-likeness (QED) is 0.739. The minimum Gasteiger partial charge on any atom is -0.487 e. The number of rotatable bonds is 3. The summed E-state index contributed by atoms with van der Waals surface area (Å²) in [5, 5.41) is 3.18. The van der Waals surface area contributed by atoms with Gasteiger partial charge in [-0.05, 0) is 32.0 Å². The topological polar surface area (TPSA) is 34.1 Å². The zero-order valence-corrected chi connectivity index (χ0v) is 8.09. The van der Waals surface area contributed by atoms with Crippen LogP contribution in [0.15, 0.2) is 12.1 Å². The van der Waals surface area contributed by atoms with Crippen LogP contribution in [0.3, 0.4) is 0 Å². The Balaban J connectivity index is 1.94. The van der Waals surface area contributed by atoms with Crippen LogP contribution in [0.25, 0.3) is 0 Å². The number of halogens is 1. The van der Waals surface area contributed by atoms with Gasteiger partial charge in [-0.15, -0.1) is 0 Å². The lowest BCUT2D eigenvalue weighted by Crippen LogP contribution is -2.46. The molecular weight excluding hydrogens is 183 g/mol. The van der Waals surface area contributed by atoms with E-state index in [1.54, 1.807) is 19.1 Å². The molecule has 14 heavy (non-hydrogen) atoms. The van der Waals surface area contributed by atoms with Gasteiger partial charge in [0.15, 0.2) is 5.75 Å². The van der Waals surface area contributed by atoms with Crippen LogP contribution in [0.1, 0.15) is 12.1 Å². The van der Waals surface area contributed by atoms with Crippen LogP contribution in [-0.4, -0.2) is 24.2 Å². The Labute approximate surface area is 82.3 Å². The number of nitrogens with one attached hydrogen (secondary N) is 1. The first-order valence-corrected chi connectivity index (χ1v) is 4.75. The molecule has 0 aliphatic carbocycles. The summed E-state index contributed by atoms with van der Waals surface area (Å²) < 4.78 is 18.5. The molecule has 1 aromatic heterocycles. The van der Waals surface area contributed by atoms with Gasteiger partial charge in [-0.1, -0.05) is 0 Å². The van der Waals surface area contributed by atoms with Gasteiger partial charge < -0.3 is 10.1 Å². The Hall–Kier alpha value is -1.16. The van der Waals surface area contributed by atoms with Gasteiger partial charge in [-0.3, -0.25) is 0 Å². The molecule has 1 aromatic rings. The average Bonchev–Trinajstić information content (AvgIpc) is 2.05. The van der Waals surface area contributed by atoms with Crippen molar-refractivity contribution in [3.8, 4) is 5.75 Å². The van der Waals surface area contributed by atoms with E-state index in [0.29, 0.717) is 18.3 Å². The van der Waals surface area contributed by atoms with Crippen molar-refractivity contribution < 1.29 is 9.13 Å². The summed E-state index contributed by atoms with van der Waals surface area (Å²) in [5.74, 6) is -0.284. The van der Waals surface area contributed by atoms with E-state index in [1.165, 1.54) is 0 Å². The second kappa shape index (κ2) is 3.92. The summed E-state index contributed by atoms with van der Waals surface area (Å²) in [6.07, 6.45) is 1.10. The fraction of sp³-hybridized carbons (Fsp3) is 0.500. The summed E-state index contributed by atoms with van der Waals surface area (Å²) in [6, 6.07) is 3.74. The van der Waals surface area contributed by atoms with E-state index in [9.17, 15) is 4.39 Å². The Kier molecular flexibility index (Phi) is 2.63. The fourth-order valence-electron chi connectivity index (χ4n) is 1.30. The van der Waals surface area contributed by atoms with E-state index in [-0.39, 0.29) is 5.75 Å². The third-order valence-corrected chi connectivity index (χ3v) is 2.32. The number of nitrogens with zero attached hydrogens (tertiary/aromatic N) is 1. The minimum absolute atomic E-state index is 0.240. The van der Waals surface area contributed by atoms with Crippen LogP contribution >= 0.6 is 0 Å². The SMILES string of the molecule is Cc1ccc(OC[C@H]2CCN2)c(F)n1. The highest BCUT2D eigenvalue weighted by Crippen LogP contribution is 2.15. The third-order valence-electron chi connectivity index (χ3n) is 2.32. The molecule has 4 heteroatoms. The maximum absolute atomic E-state index is 13.2. The van der Waals surface area contributed by atoms with Crippen LogP contribution in [0, 0.1) is 12.9 Å². The number of pyridine rings is 1. The van der Waals surface area contributed by atoms with Crippen molar-refractivity contribution in [2.45, 2.75) is 19.4 Å². The smallest absolute Gasteiger partial charge is 0.255 e. The number of ether oxygens (including phenoxy) is 1. The zero-order chi connectivity index (χ0) is 9.97. The maximum Gasteiger partial charge on any atom is 0.255 e. The zero-order valence-electron chi connectivity index (χ0n) is 8.09. The molecule has 0 saturated carbocycles. The van der Waals surface area contributed by atoms with Gasteiger partial charge in [-0.2, -0.15) is 4.39 Å². The highest BCUT2D eigenvalue weighted by molar-refractivity contribution is 5.21. The first-order valence-electron chi connectivity index (χ1n) is 4.75. The third kappa shape index (κ3) is 2.01. The first kappa shape index (κ1) is 9.40. The molecule has 1 atom stereocenters. The molecule has 0 spiro atoms. The highest BCUT2D eigenvalue weighted by atomic mass is 19.1. The van der Waals surface area contributed by atoms with Crippen molar-refractivity contribution in [1.82, 2.24) is 10.3 Å². The normalized spacial score (nSPS) is 20.3. The van der Waals surface area contributed by atoms with E-state index < -0.39 is 5.95 Å². The van der Waals surface area contributed by atoms with Crippen molar-refractivity contribution in [2.75, 3.05) is 13.2 Å². The summed E-state index contributed by atoms with van der Waals surface area (Å²) in [6.45, 7) is 3.30. The summed E-state index contributed by atoms with van der Waals surface area (Å²) in [4.78, 5) is 3.68. The van der Waals surface area contributed by atoms with Gasteiger partial charge in [0, 0.05) is 11.7 Å². The van der Waals surface area contributed by atoms with Crippen LogP contribution < -0.4 is 10.1 Å². The second-order valence-electron chi connectivity index (χ2n) is 3.49. The van der Waals surface area contributed by atoms with Gasteiger partial charge in [0.25, 0.3) is 5.95 Å². The van der Waals surface area contributed by atoms with Crippen LogP contribution in [0.4, 0.5) is 4.39 Å². The molecule has 0 bridgehead atoms. The molecule has 1 saturated heterocycles. The maximum atomic E-state index is 13.2. The largest absolute Gasteiger partial charge is 0.487 e. The molecule has 0 unspecified atom stereocenters. The molecule has 0 aromatic carbocycles. The first-order chi connectivity index (χ1) is 6.75. The number of aromatic nitrogens is 1. The van der Waals surface area contributed by atoms with Gasteiger partial charge in [0.1, 0.15) is 6.61 Å². The van der Waals surface area contributed by atoms with E-state index >= 15 is 0 Å². The molecule has 1 fully saturated rings. The van der Waals surface area contributed by atoms with Gasteiger partial charge in [-0.25, -0.2) is 4.98 Å². The predicted octanol–water partition coefficient (Wildman–Crippen LogP) is 1.27. The van der Waals surface area contributed by atoms with Crippen molar-refractivity contribution in [3.63, 3.8) is 0 Å². The molecule has 1 N–H and O–H groups in total. The molecule has 1 aliphatic heterocycles. The molecule has 76 valence electrons. The van der Waals surface area contributed by atoms with E-state index in [1.807, 2.05) is 0 Å². The molecule has 0 amide bonds. The second-order valence-corrected chi connectivity index (χ2v) is 3.49. The number of hydrogen-bond acceptors (Lipinski definition) is 3. The number of aryl methyl sites for hydroxylation is 1. The number of hydrogen-bond donors (Lipinski definition) is 1. The summed E-state index contributed by atoms with van der Waals surface area (Å²) in [7, 11) is 0. The Morgan fingerprint density at radius 3 is 3.00 bits per heavy atom. The standard InChI is InChI=1S/C10H13FN2O/c1-7-2-3-9(10(11)13-7)14-6-8-4-5-12-8/h2-3,8,12H,4-6H2,1H3/t8-/m1/s1. The Morgan fingerprint density at radius 1 is 1.64 bits per heavy atom. The van der Waals surface area contributed by atoms with Gasteiger partial charge in [0.2, 0.25) is 0 Å². The minimum atomic E-state index is -0.524. The predicted molar refractivity (Wildman–Crippen MR) is 50.8 cm³/mol. The monoisotopic (exact) mass is 196 g/mol. The molecule has 0 radical (unpaired) electrons. The lowest BCUT2D eigenvalue weighted by atomic mass is 10.1. The van der Waals surface area contributed by atoms with Crippen molar-refractivity contribution >= 4 is 0 Å². The molecule has 2 heterocycles. The van der Waals surface area contributed by atoms with Gasteiger partial charge in [0.05, 0.1) is 0 Å². The molecule has 2 rings (SSSR count). The lowest BCUT2D eigenvalue weighted by Gasteiger charge is -2.27. The molecule has 3 nitrogen and oxygen atoms in total. The van der Waals surface area contributed by atoms with Crippen LogP contribution in [0.2, 0.25) is 0 Å². The molecule has 1 aliphatic rings. The molecular formula is C10H13FN2O. The van der Waals surface area contributed by atoms with Gasteiger partial charge >= 0.3 is 0 Å². The average molecular weight is 196 g/mol. The van der Waals surface area contributed by atoms with E-state index in [0.717, 1.165) is 13.0 Å². The summed E-state index contributed by atoms with van der Waals surface area (Å²) >= 11 is 0. The van der Waals surface area contributed by atoms with Crippen molar-refractivity contribution in [3.05, 3.63) is 23.8 Å². The van der Waals surface area contributed by atoms with E-state index in [2.05, 4.69) is 10.3 Å². The Bertz CT molecular complexity index is 326.